The third-order valence-corrected chi connectivity index (χ3v) is 2.78. The van der Waals surface area contributed by atoms with Gasteiger partial charge in [0.1, 0.15) is 11.9 Å². The van der Waals surface area contributed by atoms with E-state index in [0.717, 1.165) is 5.56 Å². The summed E-state index contributed by atoms with van der Waals surface area (Å²) in [5.41, 5.74) is 1.90. The lowest BCUT2D eigenvalue weighted by Gasteiger charge is -2.13. The van der Waals surface area contributed by atoms with E-state index < -0.39 is 11.9 Å². The molecule has 0 aliphatic rings. The van der Waals surface area contributed by atoms with Gasteiger partial charge < -0.3 is 9.84 Å². The first-order valence-corrected chi connectivity index (χ1v) is 5.72. The van der Waals surface area contributed by atoms with Gasteiger partial charge in [-0.05, 0) is 17.2 Å². The van der Waals surface area contributed by atoms with Gasteiger partial charge in [0.2, 0.25) is 0 Å². The standard InChI is InChI=1S/C15H15FO2/c1-18-10-11-5-4-6-12(9-11)15(17)13-7-2-3-8-14(13)16/h2-9,15,17H,10H2,1H3. The Bertz CT molecular complexity index is 525. The van der Waals surface area contributed by atoms with Crippen LogP contribution in [0.3, 0.4) is 0 Å². The van der Waals surface area contributed by atoms with Crippen LogP contribution >= 0.6 is 0 Å². The van der Waals surface area contributed by atoms with Gasteiger partial charge in [-0.2, -0.15) is 0 Å². The van der Waals surface area contributed by atoms with Crippen LogP contribution in [0.1, 0.15) is 22.8 Å². The number of rotatable bonds is 4. The van der Waals surface area contributed by atoms with Crippen LogP contribution in [-0.4, -0.2) is 12.2 Å². The van der Waals surface area contributed by atoms with E-state index in [-0.39, 0.29) is 5.56 Å². The fourth-order valence-corrected chi connectivity index (χ4v) is 1.90. The molecule has 1 N–H and O–H groups in total. The maximum Gasteiger partial charge on any atom is 0.129 e. The van der Waals surface area contributed by atoms with E-state index in [0.29, 0.717) is 12.2 Å². The lowest BCUT2D eigenvalue weighted by atomic mass is 9.99. The molecule has 0 aliphatic heterocycles. The molecule has 0 saturated carbocycles. The number of aliphatic hydroxyl groups is 1. The average Bonchev–Trinajstić information content (AvgIpc) is 2.39. The van der Waals surface area contributed by atoms with E-state index in [2.05, 4.69) is 0 Å². The Kier molecular flexibility index (Phi) is 4.07. The molecule has 2 rings (SSSR count). The third-order valence-electron chi connectivity index (χ3n) is 2.78. The molecule has 1 unspecified atom stereocenters. The number of benzene rings is 2. The highest BCUT2D eigenvalue weighted by Gasteiger charge is 2.14. The molecule has 2 aromatic rings. The van der Waals surface area contributed by atoms with Crippen molar-refractivity contribution in [1.29, 1.82) is 0 Å². The number of aliphatic hydroxyl groups excluding tert-OH is 1. The summed E-state index contributed by atoms with van der Waals surface area (Å²) in [7, 11) is 1.61. The molecule has 0 aliphatic carbocycles. The van der Waals surface area contributed by atoms with Gasteiger partial charge in [-0.3, -0.25) is 0 Å². The van der Waals surface area contributed by atoms with Gasteiger partial charge in [0.05, 0.1) is 6.61 Å². The molecule has 0 spiro atoms. The molecule has 94 valence electrons. The Morgan fingerprint density at radius 2 is 1.94 bits per heavy atom. The second-order valence-electron chi connectivity index (χ2n) is 4.10. The van der Waals surface area contributed by atoms with Crippen LogP contribution in [0.4, 0.5) is 4.39 Å². The monoisotopic (exact) mass is 246 g/mol. The summed E-state index contributed by atoms with van der Waals surface area (Å²) in [5.74, 6) is -0.401. The summed E-state index contributed by atoms with van der Waals surface area (Å²) in [6.07, 6.45) is -0.956. The normalized spacial score (nSPS) is 12.4. The number of ether oxygens (including phenoxy) is 1. The van der Waals surface area contributed by atoms with Crippen molar-refractivity contribution in [3.63, 3.8) is 0 Å². The first-order valence-electron chi connectivity index (χ1n) is 5.72. The highest BCUT2D eigenvalue weighted by Crippen LogP contribution is 2.24. The van der Waals surface area contributed by atoms with Gasteiger partial charge in [0, 0.05) is 12.7 Å². The summed E-state index contributed by atoms with van der Waals surface area (Å²) >= 11 is 0. The van der Waals surface area contributed by atoms with Crippen molar-refractivity contribution in [3.05, 3.63) is 71.0 Å². The highest BCUT2D eigenvalue weighted by atomic mass is 19.1. The Hall–Kier alpha value is -1.71. The Morgan fingerprint density at radius 3 is 2.67 bits per heavy atom. The summed E-state index contributed by atoms with van der Waals surface area (Å²) in [6, 6.07) is 13.6. The van der Waals surface area contributed by atoms with E-state index in [4.69, 9.17) is 4.74 Å². The SMILES string of the molecule is COCc1cccc(C(O)c2ccccc2F)c1. The Morgan fingerprint density at radius 1 is 1.17 bits per heavy atom. The molecule has 3 heteroatoms. The number of halogens is 1. The molecule has 0 amide bonds. The maximum atomic E-state index is 13.6. The molecule has 0 radical (unpaired) electrons. The van der Waals surface area contributed by atoms with E-state index in [1.807, 2.05) is 18.2 Å². The molecule has 2 nitrogen and oxygen atoms in total. The fourth-order valence-electron chi connectivity index (χ4n) is 1.90. The predicted molar refractivity (Wildman–Crippen MR) is 67.6 cm³/mol. The molecule has 0 fully saturated rings. The lowest BCUT2D eigenvalue weighted by Crippen LogP contribution is -2.03. The van der Waals surface area contributed by atoms with E-state index in [1.165, 1.54) is 6.07 Å². The Labute approximate surface area is 106 Å². The van der Waals surface area contributed by atoms with Crippen LogP contribution in [0, 0.1) is 5.82 Å². The van der Waals surface area contributed by atoms with Gasteiger partial charge in [0.15, 0.2) is 0 Å². The average molecular weight is 246 g/mol. The molecule has 0 saturated heterocycles. The van der Waals surface area contributed by atoms with Crippen LogP contribution in [0.5, 0.6) is 0 Å². The minimum Gasteiger partial charge on any atom is -0.384 e. The number of hydrogen-bond acceptors (Lipinski definition) is 2. The first kappa shape index (κ1) is 12.7. The van der Waals surface area contributed by atoms with Crippen molar-refractivity contribution in [2.45, 2.75) is 12.7 Å². The van der Waals surface area contributed by atoms with E-state index in [1.54, 1.807) is 31.4 Å². The highest BCUT2D eigenvalue weighted by molar-refractivity contribution is 5.33. The molecule has 18 heavy (non-hydrogen) atoms. The summed E-state index contributed by atoms with van der Waals surface area (Å²) < 4.78 is 18.6. The molecular weight excluding hydrogens is 231 g/mol. The molecular formula is C15H15FO2. The number of methoxy groups -OCH3 is 1. The van der Waals surface area contributed by atoms with Crippen LogP contribution in [0.25, 0.3) is 0 Å². The minimum atomic E-state index is -0.956. The van der Waals surface area contributed by atoms with Crippen molar-refractivity contribution >= 4 is 0 Å². The molecule has 0 heterocycles. The maximum absolute atomic E-state index is 13.6. The van der Waals surface area contributed by atoms with Gasteiger partial charge in [-0.25, -0.2) is 4.39 Å². The van der Waals surface area contributed by atoms with Crippen LogP contribution in [0.15, 0.2) is 48.5 Å². The second kappa shape index (κ2) is 5.76. The zero-order valence-corrected chi connectivity index (χ0v) is 10.1. The largest absolute Gasteiger partial charge is 0.384 e. The van der Waals surface area contributed by atoms with E-state index in [9.17, 15) is 9.50 Å². The summed E-state index contributed by atoms with van der Waals surface area (Å²) in [6.45, 7) is 0.470. The van der Waals surface area contributed by atoms with Crippen LogP contribution in [-0.2, 0) is 11.3 Å². The molecule has 0 aromatic heterocycles. The number of hydrogen-bond donors (Lipinski definition) is 1. The van der Waals surface area contributed by atoms with Gasteiger partial charge in [-0.1, -0.05) is 42.5 Å². The van der Waals surface area contributed by atoms with Crippen LogP contribution < -0.4 is 0 Å². The predicted octanol–water partition coefficient (Wildman–Crippen LogP) is 3.05. The minimum absolute atomic E-state index is 0.284. The van der Waals surface area contributed by atoms with Crippen molar-refractivity contribution in [1.82, 2.24) is 0 Å². The smallest absolute Gasteiger partial charge is 0.129 e. The molecule has 1 atom stereocenters. The van der Waals surface area contributed by atoms with Gasteiger partial charge in [0.25, 0.3) is 0 Å². The summed E-state index contributed by atoms with van der Waals surface area (Å²) in [5, 5.41) is 10.2. The third kappa shape index (κ3) is 2.75. The topological polar surface area (TPSA) is 29.5 Å². The Balaban J connectivity index is 2.31. The summed E-state index contributed by atoms with van der Waals surface area (Å²) in [4.78, 5) is 0. The van der Waals surface area contributed by atoms with Gasteiger partial charge in [-0.15, -0.1) is 0 Å². The lowest BCUT2D eigenvalue weighted by molar-refractivity contribution is 0.184. The van der Waals surface area contributed by atoms with Crippen molar-refractivity contribution in [3.8, 4) is 0 Å². The van der Waals surface area contributed by atoms with Crippen molar-refractivity contribution in [2.75, 3.05) is 7.11 Å². The van der Waals surface area contributed by atoms with E-state index >= 15 is 0 Å². The first-order chi connectivity index (χ1) is 8.72. The zero-order chi connectivity index (χ0) is 13.0. The van der Waals surface area contributed by atoms with Gasteiger partial charge >= 0.3 is 0 Å². The molecule has 0 bridgehead atoms. The van der Waals surface area contributed by atoms with Crippen molar-refractivity contribution in [2.24, 2.45) is 0 Å². The zero-order valence-electron chi connectivity index (χ0n) is 10.1. The van der Waals surface area contributed by atoms with Crippen molar-refractivity contribution < 1.29 is 14.2 Å². The quantitative estimate of drug-likeness (QED) is 0.898. The second-order valence-corrected chi connectivity index (χ2v) is 4.10. The fraction of sp³-hybridized carbons (Fsp3) is 0.200. The van der Waals surface area contributed by atoms with Crippen LogP contribution in [0.2, 0.25) is 0 Å². The molecule has 2 aromatic carbocycles.